The molecule has 3 aliphatic rings. The maximum absolute atomic E-state index is 11.9. The zero-order valence-electron chi connectivity index (χ0n) is 16.9. The Labute approximate surface area is 184 Å². The summed E-state index contributed by atoms with van der Waals surface area (Å²) in [6.07, 6.45) is 10.3. The lowest BCUT2D eigenvalue weighted by atomic mass is 10.3. The number of nitrogens with zero attached hydrogens (tertiary/aromatic N) is 4. The molecule has 0 saturated heterocycles. The fourth-order valence-electron chi connectivity index (χ4n) is 3.67. The van der Waals surface area contributed by atoms with E-state index in [4.69, 9.17) is 0 Å². The second-order valence-corrected chi connectivity index (χ2v) is 9.41. The SMILES string of the molecule is O=C(Nc1ccc(SN2C=C(Nc3cc(C4CC4)[nH]n3)n3ccnc3C2)cc1)C1CC1. The number of H-pyrrole nitrogens is 1. The van der Waals surface area contributed by atoms with Gasteiger partial charge in [-0.15, -0.1) is 0 Å². The zero-order chi connectivity index (χ0) is 20.8. The molecule has 3 aromatic rings. The van der Waals surface area contributed by atoms with E-state index in [9.17, 15) is 4.79 Å². The Morgan fingerprint density at radius 3 is 2.77 bits per heavy atom. The van der Waals surface area contributed by atoms with Crippen LogP contribution in [0.2, 0.25) is 0 Å². The van der Waals surface area contributed by atoms with Crippen LogP contribution in [0, 0.1) is 5.92 Å². The lowest BCUT2D eigenvalue weighted by Crippen LogP contribution is -2.23. The van der Waals surface area contributed by atoms with E-state index >= 15 is 0 Å². The minimum absolute atomic E-state index is 0.130. The second kappa shape index (κ2) is 7.49. The predicted octanol–water partition coefficient (Wildman–Crippen LogP) is 4.22. The molecule has 9 heteroatoms. The van der Waals surface area contributed by atoms with Crippen molar-refractivity contribution in [2.24, 2.45) is 5.92 Å². The highest BCUT2D eigenvalue weighted by Gasteiger charge is 2.29. The number of nitrogens with one attached hydrogen (secondary N) is 3. The van der Waals surface area contributed by atoms with Gasteiger partial charge in [0.1, 0.15) is 11.6 Å². The molecule has 2 aromatic heterocycles. The first-order chi connectivity index (χ1) is 15.2. The van der Waals surface area contributed by atoms with Crippen LogP contribution in [0.25, 0.3) is 5.82 Å². The lowest BCUT2D eigenvalue weighted by molar-refractivity contribution is -0.117. The van der Waals surface area contributed by atoms with Gasteiger partial charge in [0.2, 0.25) is 5.91 Å². The highest BCUT2D eigenvalue weighted by atomic mass is 32.2. The van der Waals surface area contributed by atoms with Crippen LogP contribution in [0.15, 0.2) is 53.8 Å². The summed E-state index contributed by atoms with van der Waals surface area (Å²) in [6, 6.07) is 10.1. The molecule has 1 aromatic carbocycles. The number of rotatable bonds is 7. The van der Waals surface area contributed by atoms with Gasteiger partial charge in [-0.1, -0.05) is 0 Å². The molecule has 2 saturated carbocycles. The number of amides is 1. The molecule has 6 rings (SSSR count). The van der Waals surface area contributed by atoms with Crippen molar-refractivity contribution in [3.63, 3.8) is 0 Å². The lowest BCUT2D eigenvalue weighted by Gasteiger charge is -2.26. The predicted molar refractivity (Wildman–Crippen MR) is 120 cm³/mol. The minimum atomic E-state index is 0.130. The normalized spacial score (nSPS) is 17.8. The number of hydrogen-bond donors (Lipinski definition) is 3. The Balaban J connectivity index is 1.16. The number of hydrogen-bond acceptors (Lipinski definition) is 6. The van der Waals surface area contributed by atoms with Crippen molar-refractivity contribution >= 4 is 35.2 Å². The summed E-state index contributed by atoms with van der Waals surface area (Å²) in [5, 5.41) is 14.0. The van der Waals surface area contributed by atoms with E-state index in [1.807, 2.05) is 36.7 Å². The van der Waals surface area contributed by atoms with E-state index in [1.54, 1.807) is 11.9 Å². The van der Waals surface area contributed by atoms with Gasteiger partial charge < -0.3 is 14.9 Å². The number of carbonyl (C=O) groups excluding carboxylic acids is 1. The first-order valence-electron chi connectivity index (χ1n) is 10.6. The van der Waals surface area contributed by atoms with Gasteiger partial charge in [-0.25, -0.2) is 4.98 Å². The molecule has 0 atom stereocenters. The summed E-state index contributed by atoms with van der Waals surface area (Å²) in [7, 11) is 0. The van der Waals surface area contributed by atoms with E-state index in [0.29, 0.717) is 12.5 Å². The third kappa shape index (κ3) is 4.05. The monoisotopic (exact) mass is 433 g/mol. The highest BCUT2D eigenvalue weighted by Crippen LogP contribution is 2.40. The van der Waals surface area contributed by atoms with Crippen molar-refractivity contribution < 1.29 is 4.79 Å². The van der Waals surface area contributed by atoms with Gasteiger partial charge in [-0.3, -0.25) is 14.5 Å². The smallest absolute Gasteiger partial charge is 0.227 e. The van der Waals surface area contributed by atoms with Crippen molar-refractivity contribution in [1.29, 1.82) is 0 Å². The number of aromatic nitrogens is 4. The Morgan fingerprint density at radius 2 is 2.00 bits per heavy atom. The average molecular weight is 434 g/mol. The van der Waals surface area contributed by atoms with Crippen molar-refractivity contribution in [2.45, 2.75) is 43.0 Å². The van der Waals surface area contributed by atoms with E-state index in [-0.39, 0.29) is 11.8 Å². The van der Waals surface area contributed by atoms with Crippen LogP contribution in [0.5, 0.6) is 0 Å². The first-order valence-corrected chi connectivity index (χ1v) is 11.4. The van der Waals surface area contributed by atoms with Gasteiger partial charge in [0.25, 0.3) is 0 Å². The van der Waals surface area contributed by atoms with E-state index < -0.39 is 0 Å². The standard InChI is InChI=1S/C22H23N7OS/c30-22(15-3-4-15)24-16-5-7-17(8-6-16)31-28-12-20-23-9-10-29(20)21(13-28)25-19-11-18(26-27-19)14-1-2-14/h5-11,13-15H,1-4,12H2,(H,24,30)(H2,25,26,27). The summed E-state index contributed by atoms with van der Waals surface area (Å²) in [6.45, 7) is 0.691. The molecule has 8 nitrogen and oxygen atoms in total. The Bertz CT molecular complexity index is 1140. The Kier molecular flexibility index (Phi) is 4.48. The van der Waals surface area contributed by atoms with Crippen LogP contribution < -0.4 is 10.6 Å². The molecular weight excluding hydrogens is 410 g/mol. The van der Waals surface area contributed by atoms with Gasteiger partial charge in [-0.05, 0) is 61.9 Å². The molecule has 2 aliphatic carbocycles. The molecule has 1 aliphatic heterocycles. The van der Waals surface area contributed by atoms with Crippen molar-refractivity contribution in [2.75, 3.05) is 10.6 Å². The van der Waals surface area contributed by atoms with Crippen molar-refractivity contribution in [3.8, 4) is 0 Å². The van der Waals surface area contributed by atoms with Crippen LogP contribution >= 0.6 is 11.9 Å². The molecular formula is C22H23N7OS. The van der Waals surface area contributed by atoms with Crippen LogP contribution in [-0.4, -0.2) is 30.0 Å². The van der Waals surface area contributed by atoms with Crippen LogP contribution in [0.1, 0.15) is 43.1 Å². The number of aromatic amines is 1. The van der Waals surface area contributed by atoms with Crippen LogP contribution in [0.3, 0.4) is 0 Å². The third-order valence-corrected chi connectivity index (χ3v) is 6.66. The summed E-state index contributed by atoms with van der Waals surface area (Å²) < 4.78 is 4.20. The molecule has 0 radical (unpaired) electrons. The third-order valence-electron chi connectivity index (χ3n) is 5.70. The minimum Gasteiger partial charge on any atom is -0.326 e. The topological polar surface area (TPSA) is 90.9 Å². The summed E-state index contributed by atoms with van der Waals surface area (Å²) in [5.41, 5.74) is 2.04. The molecule has 3 N–H and O–H groups in total. The van der Waals surface area contributed by atoms with Crippen molar-refractivity contribution in [3.05, 3.63) is 60.4 Å². The number of anilines is 2. The van der Waals surface area contributed by atoms with Crippen LogP contribution in [0.4, 0.5) is 11.5 Å². The van der Waals surface area contributed by atoms with Gasteiger partial charge in [0.15, 0.2) is 5.82 Å². The average Bonchev–Trinajstić information content (AvgIpc) is 3.70. The van der Waals surface area contributed by atoms with E-state index in [1.165, 1.54) is 18.5 Å². The molecule has 0 bridgehead atoms. The quantitative estimate of drug-likeness (QED) is 0.483. The molecule has 0 unspecified atom stereocenters. The summed E-state index contributed by atoms with van der Waals surface area (Å²) >= 11 is 1.63. The fourth-order valence-corrected chi connectivity index (χ4v) is 4.53. The molecule has 158 valence electrons. The summed E-state index contributed by atoms with van der Waals surface area (Å²) in [4.78, 5) is 17.5. The maximum atomic E-state index is 11.9. The summed E-state index contributed by atoms with van der Waals surface area (Å²) in [5.74, 6) is 3.66. The van der Waals surface area contributed by atoms with Gasteiger partial charge in [0, 0.05) is 46.6 Å². The Morgan fingerprint density at radius 1 is 1.16 bits per heavy atom. The van der Waals surface area contributed by atoms with Crippen molar-refractivity contribution in [1.82, 2.24) is 24.1 Å². The number of carbonyl (C=O) groups is 1. The highest BCUT2D eigenvalue weighted by molar-refractivity contribution is 7.97. The van der Waals surface area contributed by atoms with Gasteiger partial charge in [0.05, 0.1) is 12.7 Å². The van der Waals surface area contributed by atoms with Gasteiger partial charge >= 0.3 is 0 Å². The van der Waals surface area contributed by atoms with E-state index in [0.717, 1.165) is 40.9 Å². The zero-order valence-corrected chi connectivity index (χ0v) is 17.7. The molecule has 31 heavy (non-hydrogen) atoms. The maximum Gasteiger partial charge on any atom is 0.227 e. The largest absolute Gasteiger partial charge is 0.326 e. The molecule has 2 fully saturated rings. The first kappa shape index (κ1) is 18.6. The van der Waals surface area contributed by atoms with Gasteiger partial charge in [-0.2, -0.15) is 5.10 Å². The Hall–Kier alpha value is -3.20. The molecule has 0 spiro atoms. The fraction of sp³-hybridized carbons (Fsp3) is 0.318. The second-order valence-electron chi connectivity index (χ2n) is 8.29. The van der Waals surface area contributed by atoms with E-state index in [2.05, 4.69) is 47.0 Å². The number of imidazole rings is 1. The number of fused-ring (bicyclic) bond motifs is 1. The number of benzene rings is 1. The molecule has 1 amide bonds. The molecule has 3 heterocycles. The van der Waals surface area contributed by atoms with Crippen LogP contribution in [-0.2, 0) is 11.3 Å².